The van der Waals surface area contributed by atoms with Crippen molar-refractivity contribution in [1.29, 1.82) is 0 Å². The van der Waals surface area contributed by atoms with E-state index in [-0.39, 0.29) is 18.0 Å². The molecule has 1 heterocycles. The average molecular weight is 349 g/mol. The minimum Gasteiger partial charge on any atom is -0.326 e. The molecule has 0 bridgehead atoms. The fourth-order valence-corrected chi connectivity index (χ4v) is 3.04. The number of aromatic nitrogens is 2. The molecule has 0 aliphatic carbocycles. The number of hydrogen-bond donors (Lipinski definition) is 3. The van der Waals surface area contributed by atoms with Crippen molar-refractivity contribution in [3.8, 4) is 0 Å². The number of carbonyl (C=O) groups is 1. The molecule has 0 unspecified atom stereocenters. The minimum absolute atomic E-state index is 0.206. The summed E-state index contributed by atoms with van der Waals surface area (Å²) in [7, 11) is 0. The van der Waals surface area contributed by atoms with Gasteiger partial charge in [0.05, 0.1) is 11.0 Å². The Balaban J connectivity index is 1.54. The third-order valence-corrected chi connectivity index (χ3v) is 4.28. The SMILES string of the molecule is O=C(CCSc1ccc(F)c(F)c1)Nc1ccc2[nH]c(=O)[nH]c2c1. The lowest BCUT2D eigenvalue weighted by molar-refractivity contribution is -0.115. The van der Waals surface area contributed by atoms with Gasteiger partial charge < -0.3 is 15.3 Å². The summed E-state index contributed by atoms with van der Waals surface area (Å²) in [6.07, 6.45) is 0.214. The molecule has 3 aromatic rings. The van der Waals surface area contributed by atoms with E-state index in [1.165, 1.54) is 17.8 Å². The highest BCUT2D eigenvalue weighted by Gasteiger charge is 2.07. The first-order valence-corrected chi connectivity index (χ1v) is 8.09. The van der Waals surface area contributed by atoms with Crippen molar-refractivity contribution in [2.24, 2.45) is 0 Å². The fourth-order valence-electron chi connectivity index (χ4n) is 2.16. The topological polar surface area (TPSA) is 77.8 Å². The molecular formula is C16H13F2N3O2S. The predicted molar refractivity (Wildman–Crippen MR) is 89.2 cm³/mol. The van der Waals surface area contributed by atoms with Crippen LogP contribution in [-0.4, -0.2) is 21.6 Å². The lowest BCUT2D eigenvalue weighted by atomic mass is 10.2. The van der Waals surface area contributed by atoms with Crippen molar-refractivity contribution in [3.05, 3.63) is 58.5 Å². The number of carbonyl (C=O) groups excluding carboxylic acids is 1. The average Bonchev–Trinajstić information content (AvgIpc) is 2.90. The maximum Gasteiger partial charge on any atom is 0.323 e. The first kappa shape index (κ1) is 16.3. The fraction of sp³-hybridized carbons (Fsp3) is 0.125. The van der Waals surface area contributed by atoms with Crippen LogP contribution in [0.15, 0.2) is 46.1 Å². The maximum atomic E-state index is 13.1. The number of H-pyrrole nitrogens is 2. The van der Waals surface area contributed by atoms with Crippen LogP contribution in [0.1, 0.15) is 6.42 Å². The first-order chi connectivity index (χ1) is 11.5. The van der Waals surface area contributed by atoms with E-state index in [1.807, 2.05) is 0 Å². The van der Waals surface area contributed by atoms with Crippen LogP contribution in [0.4, 0.5) is 14.5 Å². The minimum atomic E-state index is -0.904. The number of anilines is 1. The molecule has 124 valence electrons. The molecule has 8 heteroatoms. The number of benzene rings is 2. The van der Waals surface area contributed by atoms with E-state index in [1.54, 1.807) is 18.2 Å². The highest BCUT2D eigenvalue weighted by molar-refractivity contribution is 7.99. The molecule has 0 radical (unpaired) electrons. The van der Waals surface area contributed by atoms with Crippen LogP contribution in [0.3, 0.4) is 0 Å². The predicted octanol–water partition coefficient (Wildman–Crippen LogP) is 3.26. The molecule has 0 aliphatic heterocycles. The van der Waals surface area contributed by atoms with E-state index >= 15 is 0 Å². The molecule has 0 saturated heterocycles. The van der Waals surface area contributed by atoms with E-state index in [4.69, 9.17) is 0 Å². The van der Waals surface area contributed by atoms with Gasteiger partial charge in [-0.05, 0) is 36.4 Å². The van der Waals surface area contributed by atoms with Crippen molar-refractivity contribution in [2.45, 2.75) is 11.3 Å². The zero-order chi connectivity index (χ0) is 17.1. The summed E-state index contributed by atoms with van der Waals surface area (Å²) in [5.41, 5.74) is 1.53. The number of aromatic amines is 2. The van der Waals surface area contributed by atoms with Crippen molar-refractivity contribution in [1.82, 2.24) is 9.97 Å². The number of thioether (sulfide) groups is 1. The van der Waals surface area contributed by atoms with Crippen LogP contribution in [-0.2, 0) is 4.79 Å². The van der Waals surface area contributed by atoms with Crippen LogP contribution >= 0.6 is 11.8 Å². The third kappa shape index (κ3) is 3.83. The summed E-state index contributed by atoms with van der Waals surface area (Å²) < 4.78 is 25.9. The number of fused-ring (bicyclic) bond motifs is 1. The maximum absolute atomic E-state index is 13.1. The second-order valence-electron chi connectivity index (χ2n) is 5.06. The number of nitrogens with one attached hydrogen (secondary N) is 3. The molecule has 0 saturated carbocycles. The second-order valence-corrected chi connectivity index (χ2v) is 6.23. The van der Waals surface area contributed by atoms with Gasteiger partial charge in [-0.2, -0.15) is 0 Å². The summed E-state index contributed by atoms with van der Waals surface area (Å²) in [6, 6.07) is 8.68. The second kappa shape index (κ2) is 6.88. The summed E-state index contributed by atoms with van der Waals surface area (Å²) in [5, 5.41) is 2.73. The molecule has 3 N–H and O–H groups in total. The van der Waals surface area contributed by atoms with Crippen LogP contribution in [0.25, 0.3) is 11.0 Å². The molecule has 3 rings (SSSR count). The van der Waals surface area contributed by atoms with Crippen molar-refractivity contribution in [2.75, 3.05) is 11.1 Å². The largest absolute Gasteiger partial charge is 0.326 e. The van der Waals surface area contributed by atoms with E-state index in [2.05, 4.69) is 15.3 Å². The lowest BCUT2D eigenvalue weighted by Gasteiger charge is -2.05. The standard InChI is InChI=1S/C16H13F2N3O2S/c17-11-3-2-10(8-12(11)18)24-6-5-15(22)19-9-1-4-13-14(7-9)21-16(23)20-13/h1-4,7-8H,5-6H2,(H,19,22)(H2,20,21,23). The normalized spacial score (nSPS) is 10.9. The monoisotopic (exact) mass is 349 g/mol. The van der Waals surface area contributed by atoms with E-state index in [9.17, 15) is 18.4 Å². The Kier molecular flexibility index (Phi) is 4.66. The van der Waals surface area contributed by atoms with E-state index in [0.29, 0.717) is 27.4 Å². The Morgan fingerprint density at radius 2 is 1.83 bits per heavy atom. The molecule has 24 heavy (non-hydrogen) atoms. The highest BCUT2D eigenvalue weighted by Crippen LogP contribution is 2.21. The number of imidazole rings is 1. The molecule has 2 aromatic carbocycles. The van der Waals surface area contributed by atoms with Gasteiger partial charge >= 0.3 is 5.69 Å². The molecule has 0 spiro atoms. The van der Waals surface area contributed by atoms with Gasteiger partial charge in [-0.1, -0.05) is 0 Å². The van der Waals surface area contributed by atoms with Gasteiger partial charge in [-0.15, -0.1) is 11.8 Å². The number of hydrogen-bond acceptors (Lipinski definition) is 3. The summed E-state index contributed by atoms with van der Waals surface area (Å²) in [5.74, 6) is -1.57. The van der Waals surface area contributed by atoms with Gasteiger partial charge in [0.1, 0.15) is 0 Å². The van der Waals surface area contributed by atoms with Crippen molar-refractivity contribution >= 4 is 34.4 Å². The van der Waals surface area contributed by atoms with Gasteiger partial charge in [-0.25, -0.2) is 13.6 Å². The zero-order valence-electron chi connectivity index (χ0n) is 12.4. The Bertz CT molecular complexity index is 952. The van der Waals surface area contributed by atoms with Gasteiger partial charge in [-0.3, -0.25) is 4.79 Å². The Morgan fingerprint density at radius 3 is 2.62 bits per heavy atom. The quantitative estimate of drug-likeness (QED) is 0.619. The number of rotatable bonds is 5. The molecule has 0 atom stereocenters. The molecular weight excluding hydrogens is 336 g/mol. The van der Waals surface area contributed by atoms with Gasteiger partial charge in [0, 0.05) is 22.8 Å². The number of amides is 1. The molecule has 1 amide bonds. The zero-order valence-corrected chi connectivity index (χ0v) is 13.2. The van der Waals surface area contributed by atoms with Gasteiger partial charge in [0.15, 0.2) is 11.6 Å². The van der Waals surface area contributed by atoms with E-state index in [0.717, 1.165) is 12.1 Å². The van der Waals surface area contributed by atoms with Crippen molar-refractivity contribution in [3.63, 3.8) is 0 Å². The van der Waals surface area contributed by atoms with E-state index < -0.39 is 11.6 Å². The van der Waals surface area contributed by atoms with Crippen LogP contribution in [0.5, 0.6) is 0 Å². The Hall–Kier alpha value is -2.61. The summed E-state index contributed by atoms with van der Waals surface area (Å²) in [4.78, 5) is 28.9. The molecule has 1 aromatic heterocycles. The van der Waals surface area contributed by atoms with Crippen molar-refractivity contribution < 1.29 is 13.6 Å². The first-order valence-electron chi connectivity index (χ1n) is 7.11. The number of halogens is 2. The van der Waals surface area contributed by atoms with Crippen LogP contribution in [0.2, 0.25) is 0 Å². The third-order valence-electron chi connectivity index (χ3n) is 3.29. The molecule has 0 aliphatic rings. The Labute approximate surface area is 139 Å². The molecule has 5 nitrogen and oxygen atoms in total. The van der Waals surface area contributed by atoms with Gasteiger partial charge in [0.25, 0.3) is 0 Å². The van der Waals surface area contributed by atoms with Gasteiger partial charge in [0.2, 0.25) is 5.91 Å². The highest BCUT2D eigenvalue weighted by atomic mass is 32.2. The lowest BCUT2D eigenvalue weighted by Crippen LogP contribution is -2.12. The Morgan fingerprint density at radius 1 is 1.04 bits per heavy atom. The summed E-state index contributed by atoms with van der Waals surface area (Å²) >= 11 is 1.27. The smallest absolute Gasteiger partial charge is 0.323 e. The summed E-state index contributed by atoms with van der Waals surface area (Å²) in [6.45, 7) is 0. The van der Waals surface area contributed by atoms with Crippen LogP contribution in [0, 0.1) is 11.6 Å². The van der Waals surface area contributed by atoms with Crippen LogP contribution < -0.4 is 11.0 Å². The molecule has 0 fully saturated rings.